The maximum absolute atomic E-state index is 13.5. The normalized spacial score (nSPS) is 13.1. The van der Waals surface area contributed by atoms with E-state index in [0.29, 0.717) is 16.9 Å². The molecular weight excluding hydrogens is 391 g/mol. The van der Waals surface area contributed by atoms with Gasteiger partial charge in [-0.3, -0.25) is 5.10 Å². The molecular formula is C21H21FN4O2S. The van der Waals surface area contributed by atoms with E-state index in [1.165, 1.54) is 12.1 Å². The van der Waals surface area contributed by atoms with Gasteiger partial charge in [0, 0.05) is 44.5 Å². The number of rotatable bonds is 4. The van der Waals surface area contributed by atoms with Crippen LogP contribution in [0.25, 0.3) is 32.8 Å². The number of benzene rings is 2. The largest absolute Gasteiger partial charge is 0.396 e. The quantitative estimate of drug-likeness (QED) is 0.521. The number of H-pyrrole nitrogens is 1. The molecule has 2 aromatic heterocycles. The number of fused-ring (bicyclic) bond motifs is 2. The van der Waals surface area contributed by atoms with Crippen molar-refractivity contribution in [1.29, 1.82) is 0 Å². The van der Waals surface area contributed by atoms with Gasteiger partial charge in [0.1, 0.15) is 5.82 Å². The smallest absolute Gasteiger partial charge is 0.169 e. The van der Waals surface area contributed by atoms with Crippen LogP contribution in [0.2, 0.25) is 0 Å². The van der Waals surface area contributed by atoms with Crippen molar-refractivity contribution in [1.82, 2.24) is 15.2 Å². The van der Waals surface area contributed by atoms with E-state index in [4.69, 9.17) is 4.98 Å². The molecule has 2 heterocycles. The van der Waals surface area contributed by atoms with Crippen LogP contribution in [-0.4, -0.2) is 43.6 Å². The van der Waals surface area contributed by atoms with Crippen LogP contribution in [0.5, 0.6) is 0 Å². The molecule has 0 aliphatic carbocycles. The number of pyridine rings is 1. The number of hydrogen-bond acceptors (Lipinski definition) is 5. The third-order valence-corrected chi connectivity index (χ3v) is 5.36. The summed E-state index contributed by atoms with van der Waals surface area (Å²) in [5, 5.41) is 19.3. The van der Waals surface area contributed by atoms with Gasteiger partial charge < -0.3 is 5.11 Å². The molecule has 6 nitrogen and oxygen atoms in total. The van der Waals surface area contributed by atoms with Crippen molar-refractivity contribution in [2.75, 3.05) is 19.1 Å². The van der Waals surface area contributed by atoms with Crippen LogP contribution in [0.15, 0.2) is 47.0 Å². The molecule has 1 unspecified atom stereocenters. The van der Waals surface area contributed by atoms with Crippen molar-refractivity contribution in [2.45, 2.75) is 12.8 Å². The van der Waals surface area contributed by atoms with E-state index in [1.807, 2.05) is 19.1 Å². The van der Waals surface area contributed by atoms with Gasteiger partial charge in [-0.2, -0.15) is 9.46 Å². The summed E-state index contributed by atoms with van der Waals surface area (Å²) in [6.07, 6.45) is 4.83. The Bertz CT molecular complexity index is 1330. The maximum atomic E-state index is 13.5. The molecule has 0 bridgehead atoms. The molecule has 0 aliphatic rings. The molecule has 0 amide bonds. The van der Waals surface area contributed by atoms with Crippen LogP contribution in [-0.2, 0) is 9.73 Å². The number of aliphatic hydroxyl groups is 1. The fraction of sp³-hybridized carbons (Fsp3) is 0.238. The standard InChI is InChI=1S/C21H21FN4O2S/c1-12(11-27)20-19(13-4-6-15(22)7-5-13)16-8-14-10-23-25-18(14)9-17(16)21(24-20)26-29(2,3)28/h4-10,12,27H,11H2,1-3H3,(H,23,25). The van der Waals surface area contributed by atoms with Crippen LogP contribution >= 0.6 is 0 Å². The number of halogens is 1. The highest BCUT2D eigenvalue weighted by atomic mass is 32.2. The summed E-state index contributed by atoms with van der Waals surface area (Å²) in [4.78, 5) is 4.71. The first-order chi connectivity index (χ1) is 13.8. The lowest BCUT2D eigenvalue weighted by Crippen LogP contribution is -2.06. The number of nitrogens with one attached hydrogen (secondary N) is 1. The lowest BCUT2D eigenvalue weighted by Gasteiger charge is -2.18. The van der Waals surface area contributed by atoms with E-state index in [0.717, 1.165) is 27.4 Å². The Hall–Kier alpha value is -2.84. The topological polar surface area (TPSA) is 91.2 Å². The molecule has 0 spiro atoms. The highest BCUT2D eigenvalue weighted by Gasteiger charge is 2.21. The third-order valence-electron chi connectivity index (χ3n) is 4.75. The Kier molecular flexibility index (Phi) is 4.84. The van der Waals surface area contributed by atoms with Crippen molar-refractivity contribution in [3.63, 3.8) is 0 Å². The first kappa shape index (κ1) is 19.5. The van der Waals surface area contributed by atoms with Crippen LogP contribution in [0.1, 0.15) is 18.5 Å². The maximum Gasteiger partial charge on any atom is 0.169 e. The van der Waals surface area contributed by atoms with Crippen molar-refractivity contribution in [3.8, 4) is 11.1 Å². The van der Waals surface area contributed by atoms with Gasteiger partial charge in [-0.15, -0.1) is 0 Å². The van der Waals surface area contributed by atoms with Crippen LogP contribution in [0, 0.1) is 5.82 Å². The fourth-order valence-electron chi connectivity index (χ4n) is 3.39. The molecule has 4 aromatic rings. The third kappa shape index (κ3) is 3.73. The molecule has 2 aromatic carbocycles. The average Bonchev–Trinajstić information content (AvgIpc) is 3.13. The van der Waals surface area contributed by atoms with Gasteiger partial charge in [0.25, 0.3) is 0 Å². The summed E-state index contributed by atoms with van der Waals surface area (Å²) in [5.41, 5.74) is 3.00. The van der Waals surface area contributed by atoms with Gasteiger partial charge in [-0.25, -0.2) is 13.6 Å². The van der Waals surface area contributed by atoms with Crippen molar-refractivity contribution < 1.29 is 13.7 Å². The molecule has 29 heavy (non-hydrogen) atoms. The number of nitrogens with zero attached hydrogens (tertiary/aromatic N) is 3. The summed E-state index contributed by atoms with van der Waals surface area (Å²) >= 11 is 0. The van der Waals surface area contributed by atoms with E-state index in [2.05, 4.69) is 14.6 Å². The predicted molar refractivity (Wildman–Crippen MR) is 114 cm³/mol. The van der Waals surface area contributed by atoms with Crippen LogP contribution in [0.4, 0.5) is 10.2 Å². The summed E-state index contributed by atoms with van der Waals surface area (Å²) < 4.78 is 30.4. The number of aromatic nitrogens is 3. The number of aliphatic hydroxyl groups excluding tert-OH is 1. The number of hydrogen-bond donors (Lipinski definition) is 2. The predicted octanol–water partition coefficient (Wildman–Crippen LogP) is 4.37. The first-order valence-corrected chi connectivity index (χ1v) is 11.4. The Morgan fingerprint density at radius 1 is 1.21 bits per heavy atom. The second-order valence-corrected chi connectivity index (χ2v) is 9.96. The van der Waals surface area contributed by atoms with Crippen LogP contribution < -0.4 is 0 Å². The summed E-state index contributed by atoms with van der Waals surface area (Å²) in [5.74, 6) is -0.269. The minimum Gasteiger partial charge on any atom is -0.396 e. The van der Waals surface area contributed by atoms with E-state index >= 15 is 0 Å². The van der Waals surface area contributed by atoms with E-state index in [1.54, 1.807) is 30.8 Å². The minimum absolute atomic E-state index is 0.117. The molecule has 0 aliphatic heterocycles. The lowest BCUT2D eigenvalue weighted by atomic mass is 9.91. The molecule has 0 fully saturated rings. The first-order valence-electron chi connectivity index (χ1n) is 9.11. The molecule has 2 N–H and O–H groups in total. The van der Waals surface area contributed by atoms with Gasteiger partial charge >= 0.3 is 0 Å². The Balaban J connectivity index is 2.20. The molecule has 8 heteroatoms. The van der Waals surface area contributed by atoms with E-state index < -0.39 is 9.73 Å². The zero-order valence-electron chi connectivity index (χ0n) is 16.3. The summed E-state index contributed by atoms with van der Waals surface area (Å²) in [6, 6.07) is 10.0. The monoisotopic (exact) mass is 412 g/mol. The summed E-state index contributed by atoms with van der Waals surface area (Å²) in [6.45, 7) is 1.74. The van der Waals surface area contributed by atoms with Gasteiger partial charge in [0.15, 0.2) is 5.82 Å². The highest BCUT2D eigenvalue weighted by molar-refractivity contribution is 7.92. The molecule has 0 saturated heterocycles. The van der Waals surface area contributed by atoms with Gasteiger partial charge in [-0.1, -0.05) is 19.1 Å². The number of aromatic amines is 1. The molecule has 4 rings (SSSR count). The van der Waals surface area contributed by atoms with Gasteiger partial charge in [0.2, 0.25) is 0 Å². The molecule has 150 valence electrons. The van der Waals surface area contributed by atoms with Gasteiger partial charge in [-0.05, 0) is 35.2 Å². The molecule has 0 radical (unpaired) electrons. The zero-order valence-corrected chi connectivity index (χ0v) is 17.1. The average molecular weight is 412 g/mol. The van der Waals surface area contributed by atoms with Crippen molar-refractivity contribution >= 4 is 37.2 Å². The Morgan fingerprint density at radius 3 is 2.59 bits per heavy atom. The molecule has 1 atom stereocenters. The van der Waals surface area contributed by atoms with Gasteiger partial charge in [0.05, 0.1) is 24.0 Å². The van der Waals surface area contributed by atoms with Crippen molar-refractivity contribution in [3.05, 3.63) is 54.1 Å². The minimum atomic E-state index is -2.47. The Morgan fingerprint density at radius 2 is 1.93 bits per heavy atom. The lowest BCUT2D eigenvalue weighted by molar-refractivity contribution is 0.271. The second kappa shape index (κ2) is 7.20. The SMILES string of the molecule is CC(CO)c1nc(N=S(C)(C)=O)c2cc3[nH]ncc3cc2c1-c1ccc(F)cc1. The fourth-order valence-corrected chi connectivity index (χ4v) is 3.95. The van der Waals surface area contributed by atoms with Crippen LogP contribution in [0.3, 0.4) is 0 Å². The molecule has 0 saturated carbocycles. The zero-order chi connectivity index (χ0) is 20.8. The van der Waals surface area contributed by atoms with E-state index in [9.17, 15) is 13.7 Å². The summed E-state index contributed by atoms with van der Waals surface area (Å²) in [7, 11) is -2.47. The van der Waals surface area contributed by atoms with Crippen molar-refractivity contribution in [2.24, 2.45) is 4.36 Å². The highest BCUT2D eigenvalue weighted by Crippen LogP contribution is 2.40. The Labute approximate surface area is 168 Å². The van der Waals surface area contributed by atoms with E-state index in [-0.39, 0.29) is 18.3 Å². The second-order valence-electron chi connectivity index (χ2n) is 7.41.